The fourth-order valence-electron chi connectivity index (χ4n) is 3.27. The second-order valence-corrected chi connectivity index (χ2v) is 7.64. The van der Waals surface area contributed by atoms with Crippen molar-refractivity contribution in [3.63, 3.8) is 0 Å². The molecule has 1 aliphatic rings. The van der Waals surface area contributed by atoms with E-state index in [1.54, 1.807) is 13.2 Å². The minimum absolute atomic E-state index is 0.424. The molecule has 0 amide bonds. The third kappa shape index (κ3) is 4.58. The number of aryl methyl sites for hydroxylation is 1. The van der Waals surface area contributed by atoms with Gasteiger partial charge in [0.1, 0.15) is 23.1 Å². The van der Waals surface area contributed by atoms with Crippen molar-refractivity contribution in [2.45, 2.75) is 6.92 Å². The highest BCUT2D eigenvalue weighted by Crippen LogP contribution is 2.34. The molecule has 0 aliphatic carbocycles. The van der Waals surface area contributed by atoms with Gasteiger partial charge in [-0.25, -0.2) is 0 Å². The van der Waals surface area contributed by atoms with E-state index in [1.807, 2.05) is 31.2 Å². The van der Waals surface area contributed by atoms with Gasteiger partial charge in [0.2, 0.25) is 5.95 Å². The maximum atomic E-state index is 6.39. The van der Waals surface area contributed by atoms with Crippen LogP contribution in [0.5, 0.6) is 5.75 Å². The van der Waals surface area contributed by atoms with Crippen molar-refractivity contribution in [3.8, 4) is 5.75 Å². The summed E-state index contributed by atoms with van der Waals surface area (Å²) in [4.78, 5) is 13.9. The zero-order valence-corrected chi connectivity index (χ0v) is 18.0. The summed E-state index contributed by atoms with van der Waals surface area (Å²) in [5, 5.41) is 14.2. The molecule has 0 spiro atoms. The molecule has 4 rings (SSSR count). The predicted octanol–water partition coefficient (Wildman–Crippen LogP) is 3.41. The number of piperazine rings is 1. The Hall–Kier alpha value is -3.04. The van der Waals surface area contributed by atoms with E-state index >= 15 is 0 Å². The monoisotopic (exact) mass is 428 g/mol. The molecule has 3 heterocycles. The largest absolute Gasteiger partial charge is 0.495 e. The number of hydrogen-bond acceptors (Lipinski definition) is 8. The van der Waals surface area contributed by atoms with Gasteiger partial charge in [0.05, 0.1) is 12.1 Å². The first-order chi connectivity index (χ1) is 14.5. The first kappa shape index (κ1) is 20.2. The number of H-pyrrole nitrogens is 1. The van der Waals surface area contributed by atoms with E-state index in [-0.39, 0.29) is 0 Å². The molecule has 0 atom stereocenters. The number of para-hydroxylation sites is 1. The van der Waals surface area contributed by atoms with Gasteiger partial charge in [0.15, 0.2) is 5.82 Å². The van der Waals surface area contributed by atoms with Crippen LogP contribution in [-0.2, 0) is 0 Å². The van der Waals surface area contributed by atoms with Gasteiger partial charge in [-0.15, -0.1) is 0 Å². The van der Waals surface area contributed by atoms with Crippen LogP contribution in [0, 0.1) is 6.92 Å². The summed E-state index contributed by atoms with van der Waals surface area (Å²) in [5.41, 5.74) is 1.59. The third-order valence-electron chi connectivity index (χ3n) is 4.93. The second kappa shape index (κ2) is 8.76. The third-order valence-corrected chi connectivity index (χ3v) is 5.25. The van der Waals surface area contributed by atoms with Crippen LogP contribution >= 0.6 is 11.6 Å². The number of aromatic nitrogens is 4. The Bertz CT molecular complexity index is 1020. The Kier molecular flexibility index (Phi) is 5.91. The maximum Gasteiger partial charge on any atom is 0.231 e. The summed E-state index contributed by atoms with van der Waals surface area (Å²) in [6, 6.07) is 9.32. The highest BCUT2D eigenvalue weighted by Gasteiger charge is 2.18. The number of nitrogens with zero attached hydrogens (tertiary/aromatic N) is 5. The van der Waals surface area contributed by atoms with Crippen molar-refractivity contribution < 1.29 is 4.74 Å². The van der Waals surface area contributed by atoms with Crippen molar-refractivity contribution in [2.75, 3.05) is 55.9 Å². The predicted molar refractivity (Wildman–Crippen MR) is 120 cm³/mol. The van der Waals surface area contributed by atoms with Crippen molar-refractivity contribution >= 4 is 40.7 Å². The number of benzene rings is 1. The fourth-order valence-corrected chi connectivity index (χ4v) is 3.49. The lowest BCUT2D eigenvalue weighted by Crippen LogP contribution is -2.44. The van der Waals surface area contributed by atoms with Gasteiger partial charge in [0, 0.05) is 44.0 Å². The number of halogens is 1. The Balaban J connectivity index is 1.68. The molecule has 158 valence electrons. The SMILES string of the molecule is COc1cccc(Cl)c1Nc1nc(Nc2cc(C)[nH]n2)cc(N2CCN(C)CC2)n1. The van der Waals surface area contributed by atoms with Crippen molar-refractivity contribution in [3.05, 3.63) is 41.0 Å². The van der Waals surface area contributed by atoms with Crippen LogP contribution in [0.15, 0.2) is 30.3 Å². The minimum Gasteiger partial charge on any atom is -0.495 e. The molecule has 1 aromatic carbocycles. The highest BCUT2D eigenvalue weighted by atomic mass is 35.5. The molecule has 1 fully saturated rings. The number of likely N-dealkylation sites (N-methyl/N-ethyl adjacent to an activating group) is 1. The summed E-state index contributed by atoms with van der Waals surface area (Å²) in [6.45, 7) is 5.69. The Morgan fingerprint density at radius 1 is 1.07 bits per heavy atom. The number of nitrogens with one attached hydrogen (secondary N) is 3. The smallest absolute Gasteiger partial charge is 0.231 e. The van der Waals surface area contributed by atoms with E-state index in [0.29, 0.717) is 34.0 Å². The van der Waals surface area contributed by atoms with Gasteiger partial charge in [-0.1, -0.05) is 17.7 Å². The van der Waals surface area contributed by atoms with Gasteiger partial charge in [-0.2, -0.15) is 15.1 Å². The molecule has 0 radical (unpaired) electrons. The topological polar surface area (TPSA) is 94.2 Å². The lowest BCUT2D eigenvalue weighted by Gasteiger charge is -2.33. The normalized spacial score (nSPS) is 14.6. The maximum absolute atomic E-state index is 6.39. The molecule has 0 bridgehead atoms. The molecule has 3 N–H and O–H groups in total. The Morgan fingerprint density at radius 2 is 1.87 bits per heavy atom. The first-order valence-corrected chi connectivity index (χ1v) is 10.1. The Labute approximate surface area is 180 Å². The lowest BCUT2D eigenvalue weighted by atomic mass is 10.3. The van der Waals surface area contributed by atoms with E-state index in [2.05, 4.69) is 42.7 Å². The van der Waals surface area contributed by atoms with Crippen molar-refractivity contribution in [2.24, 2.45) is 0 Å². The number of rotatable bonds is 6. The molecule has 0 saturated carbocycles. The summed E-state index contributed by atoms with van der Waals surface area (Å²) < 4.78 is 5.44. The van der Waals surface area contributed by atoms with E-state index in [1.165, 1.54) is 0 Å². The molecular weight excluding hydrogens is 404 g/mol. The number of aromatic amines is 1. The number of anilines is 5. The van der Waals surface area contributed by atoms with E-state index in [9.17, 15) is 0 Å². The van der Waals surface area contributed by atoms with Crippen LogP contribution in [0.3, 0.4) is 0 Å². The summed E-state index contributed by atoms with van der Waals surface area (Å²) in [7, 11) is 3.73. The van der Waals surface area contributed by atoms with Crippen LogP contribution in [0.4, 0.5) is 29.1 Å². The van der Waals surface area contributed by atoms with Gasteiger partial charge >= 0.3 is 0 Å². The standard InChI is InChI=1S/C20H25ClN8O/c1-13-11-17(27-26-13)22-16-12-18(29-9-7-28(2)8-10-29)24-20(23-16)25-19-14(21)5-4-6-15(19)30-3/h4-6,11-12H,7-10H2,1-3H3,(H3,22,23,24,25,26,27). The molecule has 1 aliphatic heterocycles. The zero-order valence-electron chi connectivity index (χ0n) is 17.2. The van der Waals surface area contributed by atoms with E-state index < -0.39 is 0 Å². The number of methoxy groups -OCH3 is 1. The summed E-state index contributed by atoms with van der Waals surface area (Å²) >= 11 is 6.39. The van der Waals surface area contributed by atoms with Crippen LogP contribution in [0.2, 0.25) is 5.02 Å². The second-order valence-electron chi connectivity index (χ2n) is 7.23. The van der Waals surface area contributed by atoms with Gasteiger partial charge in [-0.3, -0.25) is 5.10 Å². The number of ether oxygens (including phenoxy) is 1. The van der Waals surface area contributed by atoms with E-state index in [0.717, 1.165) is 37.7 Å². The van der Waals surface area contributed by atoms with Crippen LogP contribution < -0.4 is 20.3 Å². The summed E-state index contributed by atoms with van der Waals surface area (Å²) in [6.07, 6.45) is 0. The molecule has 0 unspecified atom stereocenters. The summed E-state index contributed by atoms with van der Waals surface area (Å²) in [5.74, 6) is 3.21. The average molecular weight is 429 g/mol. The lowest BCUT2D eigenvalue weighted by molar-refractivity contribution is 0.312. The van der Waals surface area contributed by atoms with Gasteiger partial charge in [0.25, 0.3) is 0 Å². The molecule has 1 saturated heterocycles. The number of hydrogen-bond donors (Lipinski definition) is 3. The molecular formula is C20H25ClN8O. The highest BCUT2D eigenvalue weighted by molar-refractivity contribution is 6.33. The molecule has 2 aromatic heterocycles. The van der Waals surface area contributed by atoms with Gasteiger partial charge in [-0.05, 0) is 26.1 Å². The van der Waals surface area contributed by atoms with Gasteiger partial charge < -0.3 is 25.2 Å². The van der Waals surface area contributed by atoms with Crippen molar-refractivity contribution in [1.82, 2.24) is 25.1 Å². The van der Waals surface area contributed by atoms with Crippen LogP contribution in [-0.4, -0.2) is 65.4 Å². The molecule has 9 nitrogen and oxygen atoms in total. The van der Waals surface area contributed by atoms with Crippen LogP contribution in [0.1, 0.15) is 5.69 Å². The first-order valence-electron chi connectivity index (χ1n) is 9.73. The zero-order chi connectivity index (χ0) is 21.1. The average Bonchev–Trinajstić information content (AvgIpc) is 3.14. The fraction of sp³-hybridized carbons (Fsp3) is 0.350. The Morgan fingerprint density at radius 3 is 2.57 bits per heavy atom. The van der Waals surface area contributed by atoms with Crippen LogP contribution in [0.25, 0.3) is 0 Å². The minimum atomic E-state index is 0.424. The van der Waals surface area contributed by atoms with Crippen molar-refractivity contribution in [1.29, 1.82) is 0 Å². The quantitative estimate of drug-likeness (QED) is 0.550. The molecule has 3 aromatic rings. The molecule has 30 heavy (non-hydrogen) atoms. The molecule has 10 heteroatoms. The van der Waals surface area contributed by atoms with E-state index in [4.69, 9.17) is 21.3 Å².